The van der Waals surface area contributed by atoms with Gasteiger partial charge in [0, 0.05) is 37.9 Å². The van der Waals surface area contributed by atoms with Crippen LogP contribution in [0.15, 0.2) is 0 Å². The molecule has 0 aliphatic carbocycles. The van der Waals surface area contributed by atoms with Crippen molar-refractivity contribution in [2.45, 2.75) is 13.3 Å². The van der Waals surface area contributed by atoms with Crippen LogP contribution >= 0.6 is 0 Å². The number of ether oxygens (including phenoxy) is 1. The number of morpholine rings is 1. The van der Waals surface area contributed by atoms with E-state index in [0.29, 0.717) is 0 Å². The monoisotopic (exact) mass is 234 g/mol. The third-order valence-corrected chi connectivity index (χ3v) is 3.53. The van der Waals surface area contributed by atoms with Crippen molar-refractivity contribution >= 4 is 11.8 Å². The summed E-state index contributed by atoms with van der Waals surface area (Å²) in [4.78, 5) is 13.8. The summed E-state index contributed by atoms with van der Waals surface area (Å²) in [7, 11) is 2.10. The lowest BCUT2D eigenvalue weighted by Crippen LogP contribution is -2.37. The first-order valence-corrected chi connectivity index (χ1v) is 6.17. The predicted molar refractivity (Wildman–Crippen MR) is 66.8 cm³/mol. The fraction of sp³-hybridized carbons (Fsp3) is 0.667. The highest BCUT2D eigenvalue weighted by molar-refractivity contribution is 5.56. The summed E-state index contributed by atoms with van der Waals surface area (Å²) < 4.78 is 5.36. The number of likely N-dealkylation sites (N-methyl/N-ethyl adjacent to an activating group) is 1. The molecule has 1 saturated heterocycles. The Hall–Kier alpha value is -1.36. The molecule has 0 unspecified atom stereocenters. The molecule has 0 spiro atoms. The van der Waals surface area contributed by atoms with Crippen molar-refractivity contribution < 1.29 is 4.74 Å². The summed E-state index contributed by atoms with van der Waals surface area (Å²) in [5.74, 6) is 1.97. The van der Waals surface area contributed by atoms with Crippen molar-refractivity contribution in [2.75, 3.05) is 49.7 Å². The highest BCUT2D eigenvalue weighted by atomic mass is 16.5. The number of aromatic nitrogens is 2. The summed E-state index contributed by atoms with van der Waals surface area (Å²) in [6, 6.07) is 0. The number of aryl methyl sites for hydroxylation is 1. The second kappa shape index (κ2) is 4.14. The van der Waals surface area contributed by atoms with Gasteiger partial charge in [-0.05, 0) is 13.3 Å². The van der Waals surface area contributed by atoms with Crippen molar-refractivity contribution in [1.29, 1.82) is 0 Å². The van der Waals surface area contributed by atoms with E-state index in [1.165, 1.54) is 5.56 Å². The highest BCUT2D eigenvalue weighted by Gasteiger charge is 2.23. The van der Waals surface area contributed by atoms with Crippen molar-refractivity contribution in [3.8, 4) is 0 Å². The van der Waals surface area contributed by atoms with E-state index in [4.69, 9.17) is 9.72 Å². The molecule has 17 heavy (non-hydrogen) atoms. The van der Waals surface area contributed by atoms with Crippen LogP contribution in [0.2, 0.25) is 0 Å². The van der Waals surface area contributed by atoms with Crippen LogP contribution in [0.4, 0.5) is 11.8 Å². The maximum absolute atomic E-state index is 5.36. The Morgan fingerprint density at radius 3 is 2.65 bits per heavy atom. The largest absolute Gasteiger partial charge is 0.378 e. The normalized spacial score (nSPS) is 19.6. The van der Waals surface area contributed by atoms with E-state index in [1.807, 2.05) is 0 Å². The highest BCUT2D eigenvalue weighted by Crippen LogP contribution is 2.28. The van der Waals surface area contributed by atoms with Gasteiger partial charge in [0.1, 0.15) is 5.82 Å². The molecule has 0 atom stereocenters. The summed E-state index contributed by atoms with van der Waals surface area (Å²) in [6.07, 6.45) is 1.07. The zero-order valence-corrected chi connectivity index (χ0v) is 10.4. The van der Waals surface area contributed by atoms with Crippen LogP contribution < -0.4 is 9.80 Å². The molecule has 92 valence electrons. The molecule has 3 heterocycles. The molecule has 0 N–H and O–H groups in total. The molecule has 0 bridgehead atoms. The Balaban J connectivity index is 1.95. The van der Waals surface area contributed by atoms with Gasteiger partial charge in [-0.15, -0.1) is 0 Å². The quantitative estimate of drug-likeness (QED) is 0.712. The molecule has 5 heteroatoms. The first-order chi connectivity index (χ1) is 8.25. The van der Waals surface area contributed by atoms with E-state index >= 15 is 0 Å². The number of anilines is 2. The van der Waals surface area contributed by atoms with Gasteiger partial charge in [-0.25, -0.2) is 4.98 Å². The summed E-state index contributed by atoms with van der Waals surface area (Å²) in [5.41, 5.74) is 2.44. The summed E-state index contributed by atoms with van der Waals surface area (Å²) in [6.45, 7) is 6.47. The van der Waals surface area contributed by atoms with E-state index in [-0.39, 0.29) is 0 Å². The maximum Gasteiger partial charge on any atom is 0.227 e. The van der Waals surface area contributed by atoms with Gasteiger partial charge in [-0.2, -0.15) is 4.98 Å². The molecular formula is C12H18N4O. The minimum absolute atomic E-state index is 0.773. The van der Waals surface area contributed by atoms with E-state index in [9.17, 15) is 0 Å². The first kappa shape index (κ1) is 10.8. The van der Waals surface area contributed by atoms with Crippen LogP contribution in [0.5, 0.6) is 0 Å². The number of rotatable bonds is 1. The Labute approximate surface area is 101 Å². The topological polar surface area (TPSA) is 41.5 Å². The van der Waals surface area contributed by atoms with Gasteiger partial charge in [-0.1, -0.05) is 0 Å². The minimum Gasteiger partial charge on any atom is -0.378 e. The lowest BCUT2D eigenvalue weighted by Gasteiger charge is -2.27. The van der Waals surface area contributed by atoms with Gasteiger partial charge in [0.25, 0.3) is 0 Å². The zero-order chi connectivity index (χ0) is 11.8. The fourth-order valence-electron chi connectivity index (χ4n) is 2.47. The molecule has 2 aliphatic rings. The van der Waals surface area contributed by atoms with Gasteiger partial charge in [0.05, 0.1) is 13.2 Å². The Morgan fingerprint density at radius 1 is 1.12 bits per heavy atom. The van der Waals surface area contributed by atoms with Crippen LogP contribution in [0.25, 0.3) is 0 Å². The maximum atomic E-state index is 5.36. The molecular weight excluding hydrogens is 216 g/mol. The molecule has 3 rings (SSSR count). The van der Waals surface area contributed by atoms with Crippen molar-refractivity contribution in [3.05, 3.63) is 11.3 Å². The summed E-state index contributed by atoms with van der Waals surface area (Å²) in [5, 5.41) is 0. The van der Waals surface area contributed by atoms with Crippen LogP contribution in [-0.2, 0) is 11.2 Å². The number of nitrogens with zero attached hydrogens (tertiary/aromatic N) is 4. The van der Waals surface area contributed by atoms with Gasteiger partial charge < -0.3 is 14.5 Å². The van der Waals surface area contributed by atoms with E-state index in [2.05, 4.69) is 28.8 Å². The van der Waals surface area contributed by atoms with Crippen molar-refractivity contribution in [1.82, 2.24) is 9.97 Å². The smallest absolute Gasteiger partial charge is 0.227 e. The third-order valence-electron chi connectivity index (χ3n) is 3.53. The average Bonchev–Trinajstić information content (AvgIpc) is 2.73. The van der Waals surface area contributed by atoms with Gasteiger partial charge in [-0.3, -0.25) is 0 Å². The second-order valence-corrected chi connectivity index (χ2v) is 4.68. The minimum atomic E-state index is 0.773. The van der Waals surface area contributed by atoms with Gasteiger partial charge in [0.2, 0.25) is 5.95 Å². The van der Waals surface area contributed by atoms with Crippen LogP contribution in [0.3, 0.4) is 0 Å². The van der Waals surface area contributed by atoms with E-state index in [1.54, 1.807) is 0 Å². The molecule has 0 saturated carbocycles. The fourth-order valence-corrected chi connectivity index (χ4v) is 2.47. The number of hydrogen-bond acceptors (Lipinski definition) is 5. The predicted octanol–water partition coefficient (Wildman–Crippen LogP) is 0.614. The molecule has 0 amide bonds. The molecule has 2 aliphatic heterocycles. The summed E-state index contributed by atoms with van der Waals surface area (Å²) >= 11 is 0. The van der Waals surface area contributed by atoms with Gasteiger partial charge >= 0.3 is 0 Å². The Kier molecular flexibility index (Phi) is 2.63. The lowest BCUT2D eigenvalue weighted by molar-refractivity contribution is 0.122. The molecule has 0 radical (unpaired) electrons. The zero-order valence-electron chi connectivity index (χ0n) is 10.4. The lowest BCUT2D eigenvalue weighted by atomic mass is 10.2. The van der Waals surface area contributed by atoms with Crippen LogP contribution in [0.1, 0.15) is 11.3 Å². The standard InChI is InChI=1S/C12H18N4O/c1-9-10-3-4-15(2)11(10)14-12(13-9)16-5-7-17-8-6-16/h3-8H2,1-2H3. The first-order valence-electron chi connectivity index (χ1n) is 6.17. The molecule has 0 aromatic carbocycles. The number of fused-ring (bicyclic) bond motifs is 1. The molecule has 1 fully saturated rings. The third kappa shape index (κ3) is 1.84. The number of hydrogen-bond donors (Lipinski definition) is 0. The second-order valence-electron chi connectivity index (χ2n) is 4.68. The molecule has 5 nitrogen and oxygen atoms in total. The molecule has 1 aromatic rings. The van der Waals surface area contributed by atoms with Crippen LogP contribution in [0, 0.1) is 6.92 Å². The van der Waals surface area contributed by atoms with E-state index < -0.39 is 0 Å². The van der Waals surface area contributed by atoms with Gasteiger partial charge in [0.15, 0.2) is 0 Å². The van der Waals surface area contributed by atoms with Crippen molar-refractivity contribution in [3.63, 3.8) is 0 Å². The van der Waals surface area contributed by atoms with E-state index in [0.717, 1.165) is 56.7 Å². The van der Waals surface area contributed by atoms with Crippen LogP contribution in [-0.4, -0.2) is 49.9 Å². The Morgan fingerprint density at radius 2 is 1.88 bits per heavy atom. The van der Waals surface area contributed by atoms with Crippen molar-refractivity contribution in [2.24, 2.45) is 0 Å². The molecule has 1 aromatic heterocycles. The Bertz CT molecular complexity index is 429. The SMILES string of the molecule is Cc1nc(N2CCOCC2)nc2c1CCN2C. The average molecular weight is 234 g/mol.